The maximum Gasteiger partial charge on any atom is 0.204 e. The van der Waals surface area contributed by atoms with Crippen LogP contribution in [0.25, 0.3) is 0 Å². The second-order valence-electron chi connectivity index (χ2n) is 5.44. The van der Waals surface area contributed by atoms with Gasteiger partial charge in [-0.1, -0.05) is 52.8 Å². The van der Waals surface area contributed by atoms with Gasteiger partial charge in [0.2, 0.25) is 5.82 Å². The zero-order valence-electron chi connectivity index (χ0n) is 14.8. The number of rotatable bonds is 7. The van der Waals surface area contributed by atoms with Gasteiger partial charge in [-0.05, 0) is 22.6 Å². The van der Waals surface area contributed by atoms with Gasteiger partial charge in [-0.2, -0.15) is 0 Å². The Labute approximate surface area is 154 Å². The van der Waals surface area contributed by atoms with Gasteiger partial charge in [0.25, 0.3) is 0 Å². The molecule has 0 N–H and O–H groups in total. The Bertz CT molecular complexity index is 955. The van der Waals surface area contributed by atoms with E-state index in [4.69, 9.17) is 9.68 Å². The Morgan fingerprint density at radius 1 is 1.07 bits per heavy atom. The van der Waals surface area contributed by atoms with Crippen molar-refractivity contribution in [3.63, 3.8) is 0 Å². The summed E-state index contributed by atoms with van der Waals surface area (Å²) in [6, 6.07) is 15.4. The van der Waals surface area contributed by atoms with Gasteiger partial charge in [0.1, 0.15) is 18.6 Å². The Kier molecular flexibility index (Phi) is 5.83. The zero-order chi connectivity index (χ0) is 19.1. The SMILES string of the molecule is CO/N=C(/CO/N=C(/c1ccccc1)c1nnnn1C)c1cccc(F)c1. The summed E-state index contributed by atoms with van der Waals surface area (Å²) in [5.74, 6) is 0.0622. The smallest absolute Gasteiger partial charge is 0.204 e. The Hall–Kier alpha value is -3.62. The van der Waals surface area contributed by atoms with Crippen LogP contribution in [0.5, 0.6) is 0 Å². The van der Waals surface area contributed by atoms with Crippen LogP contribution in [0, 0.1) is 5.82 Å². The van der Waals surface area contributed by atoms with Crippen LogP contribution in [-0.4, -0.2) is 45.3 Å². The maximum absolute atomic E-state index is 13.5. The predicted molar refractivity (Wildman–Crippen MR) is 96.8 cm³/mol. The Morgan fingerprint density at radius 2 is 1.85 bits per heavy atom. The summed E-state index contributed by atoms with van der Waals surface area (Å²) in [6.45, 7) is -0.0289. The minimum absolute atomic E-state index is 0.0289. The highest BCUT2D eigenvalue weighted by atomic mass is 19.1. The van der Waals surface area contributed by atoms with Crippen molar-refractivity contribution in [3.8, 4) is 0 Å². The molecule has 0 radical (unpaired) electrons. The summed E-state index contributed by atoms with van der Waals surface area (Å²) in [7, 11) is 3.11. The molecule has 0 aliphatic rings. The van der Waals surface area contributed by atoms with E-state index < -0.39 is 0 Å². The lowest BCUT2D eigenvalue weighted by Gasteiger charge is -2.08. The van der Waals surface area contributed by atoms with E-state index in [-0.39, 0.29) is 12.4 Å². The van der Waals surface area contributed by atoms with Crippen LogP contribution in [-0.2, 0) is 16.7 Å². The van der Waals surface area contributed by atoms with Gasteiger partial charge in [0, 0.05) is 18.2 Å². The Morgan fingerprint density at radius 3 is 2.52 bits per heavy atom. The van der Waals surface area contributed by atoms with Gasteiger partial charge < -0.3 is 9.68 Å². The molecule has 8 nitrogen and oxygen atoms in total. The van der Waals surface area contributed by atoms with Crippen molar-refractivity contribution in [1.29, 1.82) is 0 Å². The fourth-order valence-electron chi connectivity index (χ4n) is 2.35. The third-order valence-electron chi connectivity index (χ3n) is 3.60. The zero-order valence-corrected chi connectivity index (χ0v) is 14.8. The summed E-state index contributed by atoms with van der Waals surface area (Å²) >= 11 is 0. The second-order valence-corrected chi connectivity index (χ2v) is 5.44. The lowest BCUT2D eigenvalue weighted by atomic mass is 10.1. The topological polar surface area (TPSA) is 86.8 Å². The van der Waals surface area contributed by atoms with Crippen LogP contribution in [0.3, 0.4) is 0 Å². The molecule has 0 atom stereocenters. The molecule has 1 aromatic heterocycles. The van der Waals surface area contributed by atoms with Crippen molar-refractivity contribution in [1.82, 2.24) is 20.2 Å². The average Bonchev–Trinajstić information content (AvgIpc) is 3.10. The van der Waals surface area contributed by atoms with Gasteiger partial charge in [0.05, 0.1) is 0 Å². The quantitative estimate of drug-likeness (QED) is 0.471. The Balaban J connectivity index is 1.86. The van der Waals surface area contributed by atoms with Gasteiger partial charge in [-0.25, -0.2) is 9.07 Å². The van der Waals surface area contributed by atoms with Crippen LogP contribution < -0.4 is 0 Å². The minimum atomic E-state index is -0.380. The third-order valence-corrected chi connectivity index (χ3v) is 3.60. The molecule has 0 aliphatic carbocycles. The second kappa shape index (κ2) is 8.65. The molecule has 0 amide bonds. The van der Waals surface area contributed by atoms with E-state index >= 15 is 0 Å². The number of hydrogen-bond acceptors (Lipinski definition) is 7. The van der Waals surface area contributed by atoms with Gasteiger partial charge in [0.15, 0.2) is 12.3 Å². The summed E-state index contributed by atoms with van der Waals surface area (Å²) in [5, 5.41) is 19.5. The van der Waals surface area contributed by atoms with Crippen molar-refractivity contribution in [3.05, 3.63) is 77.4 Å². The molecule has 1 heterocycles. The first-order chi connectivity index (χ1) is 13.2. The number of benzene rings is 2. The highest BCUT2D eigenvalue weighted by Crippen LogP contribution is 2.10. The van der Waals surface area contributed by atoms with E-state index in [2.05, 4.69) is 25.8 Å². The number of oxime groups is 2. The van der Waals surface area contributed by atoms with Gasteiger partial charge in [-0.15, -0.1) is 5.10 Å². The van der Waals surface area contributed by atoms with Crippen LogP contribution in [0.1, 0.15) is 17.0 Å². The van der Waals surface area contributed by atoms with E-state index in [1.54, 1.807) is 19.2 Å². The van der Waals surface area contributed by atoms with Crippen LogP contribution in [0.2, 0.25) is 0 Å². The largest absolute Gasteiger partial charge is 0.399 e. The van der Waals surface area contributed by atoms with Gasteiger partial charge >= 0.3 is 0 Å². The van der Waals surface area contributed by atoms with Crippen molar-refractivity contribution < 1.29 is 14.1 Å². The highest BCUT2D eigenvalue weighted by Gasteiger charge is 2.15. The first-order valence-electron chi connectivity index (χ1n) is 8.03. The number of hydrogen-bond donors (Lipinski definition) is 0. The molecule has 3 rings (SSSR count). The average molecular weight is 368 g/mol. The van der Waals surface area contributed by atoms with Crippen LogP contribution in [0.15, 0.2) is 64.9 Å². The standard InChI is InChI=1S/C18H17FN6O2/c1-25-18(20-23-24-25)17(13-7-4-3-5-8-13)22-27-12-16(21-26-2)14-9-6-10-15(19)11-14/h3-11H,12H2,1-2H3/b21-16-,22-17-. The summed E-state index contributed by atoms with van der Waals surface area (Å²) in [5.41, 5.74) is 2.17. The van der Waals surface area contributed by atoms with E-state index in [0.29, 0.717) is 22.8 Å². The van der Waals surface area contributed by atoms with E-state index in [0.717, 1.165) is 5.56 Å². The van der Waals surface area contributed by atoms with E-state index in [1.807, 2.05) is 30.3 Å². The number of halogens is 1. The molecule has 9 heteroatoms. The molecule has 3 aromatic rings. The fraction of sp³-hybridized carbons (Fsp3) is 0.167. The number of aromatic nitrogens is 4. The maximum atomic E-state index is 13.5. The van der Waals surface area contributed by atoms with Crippen molar-refractivity contribution >= 4 is 11.4 Å². The fourth-order valence-corrected chi connectivity index (χ4v) is 2.35. The van der Waals surface area contributed by atoms with Crippen molar-refractivity contribution in [2.45, 2.75) is 0 Å². The van der Waals surface area contributed by atoms with Crippen molar-refractivity contribution in [2.75, 3.05) is 13.7 Å². The number of nitrogens with zero attached hydrogens (tertiary/aromatic N) is 6. The summed E-state index contributed by atoms with van der Waals surface area (Å²) < 4.78 is 15.0. The molecule has 0 unspecified atom stereocenters. The molecule has 0 saturated carbocycles. The molecular formula is C18H17FN6O2. The lowest BCUT2D eigenvalue weighted by molar-refractivity contribution is 0.173. The first-order valence-corrected chi connectivity index (χ1v) is 8.03. The van der Waals surface area contributed by atoms with Crippen LogP contribution >= 0.6 is 0 Å². The monoisotopic (exact) mass is 368 g/mol. The molecule has 0 fully saturated rings. The van der Waals surface area contributed by atoms with E-state index in [9.17, 15) is 4.39 Å². The normalized spacial score (nSPS) is 12.1. The highest BCUT2D eigenvalue weighted by molar-refractivity contribution is 6.10. The number of tetrazole rings is 1. The molecule has 0 bridgehead atoms. The van der Waals surface area contributed by atoms with Crippen molar-refractivity contribution in [2.24, 2.45) is 17.4 Å². The minimum Gasteiger partial charge on any atom is -0.399 e. The summed E-state index contributed by atoms with van der Waals surface area (Å²) in [6.07, 6.45) is 0. The molecular weight excluding hydrogens is 351 g/mol. The van der Waals surface area contributed by atoms with E-state index in [1.165, 1.54) is 23.9 Å². The van der Waals surface area contributed by atoms with Gasteiger partial charge in [-0.3, -0.25) is 0 Å². The molecule has 0 saturated heterocycles. The lowest BCUT2D eigenvalue weighted by Crippen LogP contribution is -2.14. The first kappa shape index (κ1) is 18.2. The molecule has 0 spiro atoms. The molecule has 27 heavy (non-hydrogen) atoms. The predicted octanol–water partition coefficient (Wildman–Crippen LogP) is 2.17. The number of aryl methyl sites for hydroxylation is 1. The molecule has 2 aromatic carbocycles. The third kappa shape index (κ3) is 4.51. The molecule has 0 aliphatic heterocycles. The summed E-state index contributed by atoms with van der Waals surface area (Å²) in [4.78, 5) is 10.3. The molecule has 138 valence electrons. The van der Waals surface area contributed by atoms with Crippen LogP contribution in [0.4, 0.5) is 4.39 Å².